The van der Waals surface area contributed by atoms with Crippen LogP contribution >= 0.6 is 15.9 Å². The second-order valence-corrected chi connectivity index (χ2v) is 6.66. The number of rotatable bonds is 7. The summed E-state index contributed by atoms with van der Waals surface area (Å²) in [5.41, 5.74) is 1.18. The molecule has 0 heterocycles. The van der Waals surface area contributed by atoms with Gasteiger partial charge in [-0.25, -0.2) is 0 Å². The van der Waals surface area contributed by atoms with E-state index in [1.54, 1.807) is 6.92 Å². The van der Waals surface area contributed by atoms with Crippen molar-refractivity contribution in [3.8, 4) is 11.5 Å². The minimum Gasteiger partial charge on any atom is -0.491 e. The van der Waals surface area contributed by atoms with Crippen LogP contribution in [0.4, 0.5) is 0 Å². The molecule has 1 N–H and O–H groups in total. The van der Waals surface area contributed by atoms with E-state index in [1.807, 2.05) is 62.4 Å². The van der Waals surface area contributed by atoms with Crippen molar-refractivity contribution in [1.82, 2.24) is 5.32 Å². The lowest BCUT2D eigenvalue weighted by atomic mass is 10.2. The zero-order valence-corrected chi connectivity index (χ0v) is 15.7. The molecule has 2 aromatic carbocycles. The summed E-state index contributed by atoms with van der Waals surface area (Å²) in [7, 11) is 0. The second-order valence-electron chi connectivity index (χ2n) is 5.75. The molecule has 2 rings (SSSR count). The summed E-state index contributed by atoms with van der Waals surface area (Å²) in [6.45, 7) is 6.06. The monoisotopic (exact) mass is 391 g/mol. The Hall–Kier alpha value is -2.01. The van der Waals surface area contributed by atoms with Crippen LogP contribution in [0.2, 0.25) is 0 Å². The number of benzene rings is 2. The molecule has 0 spiro atoms. The summed E-state index contributed by atoms with van der Waals surface area (Å²) in [6.07, 6.45) is -0.576. The molecule has 0 aromatic heterocycles. The summed E-state index contributed by atoms with van der Waals surface area (Å²) in [5, 5.41) is 2.89. The Morgan fingerprint density at radius 3 is 2.25 bits per heavy atom. The van der Waals surface area contributed by atoms with E-state index in [4.69, 9.17) is 9.47 Å². The van der Waals surface area contributed by atoms with Crippen LogP contribution in [0.15, 0.2) is 53.0 Å². The third-order valence-electron chi connectivity index (χ3n) is 3.41. The Morgan fingerprint density at radius 2 is 1.62 bits per heavy atom. The summed E-state index contributed by atoms with van der Waals surface area (Å²) in [6, 6.07) is 15.1. The maximum atomic E-state index is 12.2. The Labute approximate surface area is 151 Å². The van der Waals surface area contributed by atoms with Crippen molar-refractivity contribution in [1.29, 1.82) is 0 Å². The van der Waals surface area contributed by atoms with E-state index in [0.29, 0.717) is 12.4 Å². The Morgan fingerprint density at radius 1 is 1.04 bits per heavy atom. The maximum absolute atomic E-state index is 12.2. The van der Waals surface area contributed by atoms with Gasteiger partial charge in [0.1, 0.15) is 18.1 Å². The quantitative estimate of drug-likeness (QED) is 0.772. The average Bonchev–Trinajstić information content (AvgIpc) is 2.56. The number of nitrogens with one attached hydrogen (secondary N) is 1. The first-order valence-corrected chi connectivity index (χ1v) is 8.65. The SMILES string of the molecule is Cc1ccc(OC[C@H](C)NC(=O)[C@H](C)Oc2ccc(Br)cc2)cc1. The number of aryl methyl sites for hydroxylation is 1. The first-order valence-electron chi connectivity index (χ1n) is 7.86. The number of carbonyl (C=O) groups excluding carboxylic acids is 1. The van der Waals surface area contributed by atoms with E-state index in [0.717, 1.165) is 10.2 Å². The lowest BCUT2D eigenvalue weighted by Gasteiger charge is -2.19. The van der Waals surface area contributed by atoms with Crippen LogP contribution in [0.5, 0.6) is 11.5 Å². The zero-order chi connectivity index (χ0) is 17.5. The van der Waals surface area contributed by atoms with Gasteiger partial charge in [-0.3, -0.25) is 4.79 Å². The van der Waals surface area contributed by atoms with Gasteiger partial charge in [-0.2, -0.15) is 0 Å². The highest BCUT2D eigenvalue weighted by molar-refractivity contribution is 9.10. The van der Waals surface area contributed by atoms with Crippen LogP contribution in [0, 0.1) is 6.92 Å². The van der Waals surface area contributed by atoms with E-state index in [2.05, 4.69) is 21.2 Å². The van der Waals surface area contributed by atoms with E-state index in [1.165, 1.54) is 5.56 Å². The summed E-state index contributed by atoms with van der Waals surface area (Å²) in [5.74, 6) is 1.28. The lowest BCUT2D eigenvalue weighted by molar-refractivity contribution is -0.128. The fourth-order valence-electron chi connectivity index (χ4n) is 2.03. The second kappa shape index (κ2) is 8.73. The molecular formula is C19H22BrNO3. The Bertz CT molecular complexity index is 655. The first kappa shape index (κ1) is 18.3. The molecule has 2 atom stereocenters. The van der Waals surface area contributed by atoms with Crippen molar-refractivity contribution in [2.45, 2.75) is 32.9 Å². The zero-order valence-electron chi connectivity index (χ0n) is 14.1. The van der Waals surface area contributed by atoms with Gasteiger partial charge in [-0.15, -0.1) is 0 Å². The number of halogens is 1. The predicted molar refractivity (Wildman–Crippen MR) is 98.5 cm³/mol. The topological polar surface area (TPSA) is 47.6 Å². The maximum Gasteiger partial charge on any atom is 0.261 e. The molecule has 0 unspecified atom stereocenters. The largest absolute Gasteiger partial charge is 0.491 e. The lowest BCUT2D eigenvalue weighted by Crippen LogP contribution is -2.43. The van der Waals surface area contributed by atoms with Crippen molar-refractivity contribution in [3.63, 3.8) is 0 Å². The normalized spacial score (nSPS) is 13.0. The first-order chi connectivity index (χ1) is 11.4. The average molecular weight is 392 g/mol. The van der Waals surface area contributed by atoms with Crippen molar-refractivity contribution in [2.75, 3.05) is 6.61 Å². The molecule has 2 aromatic rings. The fraction of sp³-hybridized carbons (Fsp3) is 0.316. The molecule has 0 radical (unpaired) electrons. The molecule has 0 saturated carbocycles. The summed E-state index contributed by atoms with van der Waals surface area (Å²) >= 11 is 3.36. The molecule has 5 heteroatoms. The number of hydrogen-bond acceptors (Lipinski definition) is 3. The number of hydrogen-bond donors (Lipinski definition) is 1. The molecule has 0 saturated heterocycles. The number of amides is 1. The van der Waals surface area contributed by atoms with Gasteiger partial charge >= 0.3 is 0 Å². The van der Waals surface area contributed by atoms with Gasteiger partial charge in [-0.1, -0.05) is 33.6 Å². The third-order valence-corrected chi connectivity index (χ3v) is 3.93. The smallest absolute Gasteiger partial charge is 0.261 e. The molecular weight excluding hydrogens is 370 g/mol. The molecule has 128 valence electrons. The van der Waals surface area contributed by atoms with Crippen LogP contribution in [0.1, 0.15) is 19.4 Å². The van der Waals surface area contributed by atoms with Crippen LogP contribution < -0.4 is 14.8 Å². The third kappa shape index (κ3) is 5.89. The number of carbonyl (C=O) groups is 1. The highest BCUT2D eigenvalue weighted by atomic mass is 79.9. The van der Waals surface area contributed by atoms with Crippen LogP contribution in [-0.2, 0) is 4.79 Å². The molecule has 4 nitrogen and oxygen atoms in total. The highest BCUT2D eigenvalue weighted by Crippen LogP contribution is 2.17. The predicted octanol–water partition coefficient (Wildman–Crippen LogP) is 4.11. The van der Waals surface area contributed by atoms with Gasteiger partial charge in [0.15, 0.2) is 6.10 Å². The van der Waals surface area contributed by atoms with Crippen molar-refractivity contribution in [2.24, 2.45) is 0 Å². The molecule has 0 fully saturated rings. The fourth-order valence-corrected chi connectivity index (χ4v) is 2.29. The van der Waals surface area contributed by atoms with Gasteiger partial charge in [0.25, 0.3) is 5.91 Å². The standard InChI is InChI=1S/C19H22BrNO3/c1-13-4-8-17(9-5-13)23-12-14(2)21-19(22)15(3)24-18-10-6-16(20)7-11-18/h4-11,14-15H,12H2,1-3H3,(H,21,22)/t14-,15-/m0/s1. The molecule has 24 heavy (non-hydrogen) atoms. The molecule has 1 amide bonds. The van der Waals surface area contributed by atoms with E-state index in [9.17, 15) is 4.79 Å². The summed E-state index contributed by atoms with van der Waals surface area (Å²) in [4.78, 5) is 12.2. The Balaban J connectivity index is 1.77. The van der Waals surface area contributed by atoms with Crippen LogP contribution in [0.3, 0.4) is 0 Å². The van der Waals surface area contributed by atoms with Crippen molar-refractivity contribution < 1.29 is 14.3 Å². The van der Waals surface area contributed by atoms with Crippen LogP contribution in [-0.4, -0.2) is 24.7 Å². The number of ether oxygens (including phenoxy) is 2. The molecule has 0 bridgehead atoms. The van der Waals surface area contributed by atoms with Gasteiger partial charge in [0, 0.05) is 4.47 Å². The van der Waals surface area contributed by atoms with Gasteiger partial charge in [0.05, 0.1) is 6.04 Å². The van der Waals surface area contributed by atoms with E-state index >= 15 is 0 Å². The van der Waals surface area contributed by atoms with Crippen LogP contribution in [0.25, 0.3) is 0 Å². The van der Waals surface area contributed by atoms with Crippen molar-refractivity contribution >= 4 is 21.8 Å². The molecule has 0 aliphatic carbocycles. The molecule has 0 aliphatic rings. The van der Waals surface area contributed by atoms with Gasteiger partial charge < -0.3 is 14.8 Å². The van der Waals surface area contributed by atoms with E-state index < -0.39 is 6.10 Å². The highest BCUT2D eigenvalue weighted by Gasteiger charge is 2.17. The van der Waals surface area contributed by atoms with Crippen molar-refractivity contribution in [3.05, 3.63) is 58.6 Å². The van der Waals surface area contributed by atoms with E-state index in [-0.39, 0.29) is 11.9 Å². The minimum absolute atomic E-state index is 0.116. The van der Waals surface area contributed by atoms with Gasteiger partial charge in [-0.05, 0) is 57.2 Å². The minimum atomic E-state index is -0.576. The summed E-state index contributed by atoms with van der Waals surface area (Å²) < 4.78 is 12.3. The van der Waals surface area contributed by atoms with Gasteiger partial charge in [0.2, 0.25) is 0 Å². The molecule has 0 aliphatic heterocycles. The Kier molecular flexibility index (Phi) is 6.67.